The molecule has 1 aromatic carbocycles. The molecule has 0 aliphatic rings. The van der Waals surface area contributed by atoms with Crippen molar-refractivity contribution in [3.05, 3.63) is 23.8 Å². The number of aromatic hydroxyl groups is 1. The van der Waals surface area contributed by atoms with E-state index in [9.17, 15) is 9.90 Å². The Morgan fingerprint density at radius 2 is 2.17 bits per heavy atom. The number of nitrogens with one attached hydrogen (secondary N) is 2. The Hall–Kier alpha value is -1.75. The van der Waals surface area contributed by atoms with E-state index in [2.05, 4.69) is 10.6 Å². The lowest BCUT2D eigenvalue weighted by Crippen LogP contribution is -2.37. The van der Waals surface area contributed by atoms with Crippen LogP contribution in [0.4, 0.5) is 0 Å². The van der Waals surface area contributed by atoms with Gasteiger partial charge >= 0.3 is 0 Å². The van der Waals surface area contributed by atoms with Crippen LogP contribution < -0.4 is 15.4 Å². The third kappa shape index (κ3) is 4.63. The first-order chi connectivity index (χ1) is 8.52. The van der Waals surface area contributed by atoms with Gasteiger partial charge in [0.15, 0.2) is 0 Å². The lowest BCUT2D eigenvalue weighted by atomic mass is 10.2. The molecular formula is C13H20N2O3. The summed E-state index contributed by atoms with van der Waals surface area (Å²) < 4.78 is 4.99. The standard InChI is InChI=1S/C13H20N2O3/c1-9(2)15-13(17)8-14-7-10-4-5-11(18-3)6-12(10)16/h4-6,9,14,16H,7-8H2,1-3H3,(H,15,17). The smallest absolute Gasteiger partial charge is 0.234 e. The summed E-state index contributed by atoms with van der Waals surface area (Å²) in [5.41, 5.74) is 0.730. The molecule has 1 amide bonds. The number of phenols is 1. The van der Waals surface area contributed by atoms with Crippen molar-refractivity contribution in [3.8, 4) is 11.5 Å². The molecule has 0 aliphatic heterocycles. The van der Waals surface area contributed by atoms with Gasteiger partial charge in [-0.1, -0.05) is 6.07 Å². The first kappa shape index (κ1) is 14.3. The van der Waals surface area contributed by atoms with Gasteiger partial charge in [0.1, 0.15) is 11.5 Å². The zero-order valence-electron chi connectivity index (χ0n) is 11.0. The summed E-state index contributed by atoms with van der Waals surface area (Å²) in [7, 11) is 1.54. The van der Waals surface area contributed by atoms with Crippen LogP contribution in [0.2, 0.25) is 0 Å². The maximum atomic E-state index is 11.4. The SMILES string of the molecule is COc1ccc(CNCC(=O)NC(C)C)c(O)c1. The van der Waals surface area contributed by atoms with Crippen LogP contribution >= 0.6 is 0 Å². The van der Waals surface area contributed by atoms with E-state index >= 15 is 0 Å². The Morgan fingerprint density at radius 1 is 1.44 bits per heavy atom. The first-order valence-corrected chi connectivity index (χ1v) is 5.89. The highest BCUT2D eigenvalue weighted by Crippen LogP contribution is 2.22. The summed E-state index contributed by atoms with van der Waals surface area (Å²) in [6.45, 7) is 4.48. The third-order valence-corrected chi connectivity index (χ3v) is 2.34. The lowest BCUT2D eigenvalue weighted by Gasteiger charge is -2.10. The molecule has 18 heavy (non-hydrogen) atoms. The molecule has 1 rings (SSSR count). The van der Waals surface area contributed by atoms with Gasteiger partial charge in [0.25, 0.3) is 0 Å². The number of hydrogen-bond donors (Lipinski definition) is 3. The van der Waals surface area contributed by atoms with E-state index in [-0.39, 0.29) is 24.2 Å². The summed E-state index contributed by atoms with van der Waals surface area (Å²) in [6, 6.07) is 5.21. The van der Waals surface area contributed by atoms with Gasteiger partial charge in [-0.3, -0.25) is 4.79 Å². The van der Waals surface area contributed by atoms with Crippen LogP contribution in [0.25, 0.3) is 0 Å². The van der Waals surface area contributed by atoms with Gasteiger partial charge in [-0.15, -0.1) is 0 Å². The molecular weight excluding hydrogens is 232 g/mol. The molecule has 0 bridgehead atoms. The molecule has 0 heterocycles. The predicted octanol–water partition coefficient (Wildman–Crippen LogP) is 1.01. The van der Waals surface area contributed by atoms with Crippen molar-refractivity contribution in [1.82, 2.24) is 10.6 Å². The molecule has 0 unspecified atom stereocenters. The molecule has 1 aromatic rings. The van der Waals surface area contributed by atoms with Crippen LogP contribution in [0.5, 0.6) is 11.5 Å². The second-order valence-corrected chi connectivity index (χ2v) is 4.32. The van der Waals surface area contributed by atoms with Gasteiger partial charge in [0, 0.05) is 24.2 Å². The third-order valence-electron chi connectivity index (χ3n) is 2.34. The number of benzene rings is 1. The molecule has 0 atom stereocenters. The molecule has 5 nitrogen and oxygen atoms in total. The number of carbonyl (C=O) groups excluding carboxylic acids is 1. The zero-order chi connectivity index (χ0) is 13.5. The van der Waals surface area contributed by atoms with Gasteiger partial charge in [0.05, 0.1) is 13.7 Å². The molecule has 0 saturated carbocycles. The van der Waals surface area contributed by atoms with Crippen LogP contribution in [0.1, 0.15) is 19.4 Å². The van der Waals surface area contributed by atoms with Crippen LogP contribution in [0.3, 0.4) is 0 Å². The van der Waals surface area contributed by atoms with Gasteiger partial charge in [-0.05, 0) is 19.9 Å². The van der Waals surface area contributed by atoms with E-state index in [1.54, 1.807) is 25.3 Å². The van der Waals surface area contributed by atoms with Crippen molar-refractivity contribution in [3.63, 3.8) is 0 Å². The summed E-state index contributed by atoms with van der Waals surface area (Å²) >= 11 is 0. The minimum absolute atomic E-state index is 0.0574. The minimum Gasteiger partial charge on any atom is -0.507 e. The average molecular weight is 252 g/mol. The highest BCUT2D eigenvalue weighted by atomic mass is 16.5. The molecule has 5 heteroatoms. The maximum Gasteiger partial charge on any atom is 0.234 e. The van der Waals surface area contributed by atoms with Gasteiger partial charge in [-0.2, -0.15) is 0 Å². The predicted molar refractivity (Wildman–Crippen MR) is 69.6 cm³/mol. The van der Waals surface area contributed by atoms with Crippen molar-refractivity contribution in [2.24, 2.45) is 0 Å². The van der Waals surface area contributed by atoms with Gasteiger partial charge in [0.2, 0.25) is 5.91 Å². The first-order valence-electron chi connectivity index (χ1n) is 5.89. The molecule has 0 spiro atoms. The van der Waals surface area contributed by atoms with Crippen molar-refractivity contribution in [2.75, 3.05) is 13.7 Å². The van der Waals surface area contributed by atoms with Gasteiger partial charge < -0.3 is 20.5 Å². The largest absolute Gasteiger partial charge is 0.507 e. The van der Waals surface area contributed by atoms with E-state index < -0.39 is 0 Å². The topological polar surface area (TPSA) is 70.6 Å². The van der Waals surface area contributed by atoms with E-state index in [1.165, 1.54) is 0 Å². The quantitative estimate of drug-likeness (QED) is 0.707. The molecule has 100 valence electrons. The average Bonchev–Trinajstić information content (AvgIpc) is 2.30. The number of ether oxygens (including phenoxy) is 1. The van der Waals surface area contributed by atoms with E-state index in [1.807, 2.05) is 13.8 Å². The highest BCUT2D eigenvalue weighted by molar-refractivity contribution is 5.78. The Labute approximate surface area is 107 Å². The minimum atomic E-state index is -0.0574. The van der Waals surface area contributed by atoms with Gasteiger partial charge in [-0.25, -0.2) is 0 Å². The fraction of sp³-hybridized carbons (Fsp3) is 0.462. The normalized spacial score (nSPS) is 10.4. The fourth-order valence-electron chi connectivity index (χ4n) is 1.50. The van der Waals surface area contributed by atoms with Crippen LogP contribution in [0, 0.1) is 0 Å². The van der Waals surface area contributed by atoms with Crippen molar-refractivity contribution in [1.29, 1.82) is 0 Å². The number of hydrogen-bond acceptors (Lipinski definition) is 4. The van der Waals surface area contributed by atoms with Crippen LogP contribution in [-0.4, -0.2) is 30.7 Å². The zero-order valence-corrected chi connectivity index (χ0v) is 11.0. The highest BCUT2D eigenvalue weighted by Gasteiger charge is 2.05. The monoisotopic (exact) mass is 252 g/mol. The summed E-state index contributed by atoms with van der Waals surface area (Å²) in [5, 5.41) is 15.5. The maximum absolute atomic E-state index is 11.4. The number of methoxy groups -OCH3 is 1. The van der Waals surface area contributed by atoms with E-state index in [4.69, 9.17) is 4.74 Å². The summed E-state index contributed by atoms with van der Waals surface area (Å²) in [5.74, 6) is 0.706. The number of carbonyl (C=O) groups is 1. The molecule has 0 fully saturated rings. The number of phenolic OH excluding ortho intramolecular Hbond substituents is 1. The fourth-order valence-corrected chi connectivity index (χ4v) is 1.50. The Bertz CT molecular complexity index is 405. The molecule has 0 saturated heterocycles. The lowest BCUT2D eigenvalue weighted by molar-refractivity contribution is -0.120. The number of rotatable bonds is 6. The van der Waals surface area contributed by atoms with Crippen molar-refractivity contribution in [2.45, 2.75) is 26.4 Å². The van der Waals surface area contributed by atoms with Crippen molar-refractivity contribution < 1.29 is 14.6 Å². The Kier molecular flexibility index (Phi) is 5.45. The number of amides is 1. The molecule has 0 aromatic heterocycles. The molecule has 0 aliphatic carbocycles. The molecule has 0 radical (unpaired) electrons. The van der Waals surface area contributed by atoms with Crippen molar-refractivity contribution >= 4 is 5.91 Å². The Balaban J connectivity index is 2.42. The van der Waals surface area contributed by atoms with E-state index in [0.29, 0.717) is 12.3 Å². The molecule has 3 N–H and O–H groups in total. The summed E-state index contributed by atoms with van der Waals surface area (Å²) in [4.78, 5) is 11.4. The second-order valence-electron chi connectivity index (χ2n) is 4.32. The second kappa shape index (κ2) is 6.86. The Morgan fingerprint density at radius 3 is 2.72 bits per heavy atom. The van der Waals surface area contributed by atoms with Crippen LogP contribution in [0.15, 0.2) is 18.2 Å². The van der Waals surface area contributed by atoms with Crippen LogP contribution in [-0.2, 0) is 11.3 Å². The summed E-state index contributed by atoms with van der Waals surface area (Å²) in [6.07, 6.45) is 0. The van der Waals surface area contributed by atoms with E-state index in [0.717, 1.165) is 5.56 Å².